The smallest absolute Gasteiger partial charge is 0.281 e. The first-order valence-corrected chi connectivity index (χ1v) is 14.4. The summed E-state index contributed by atoms with van der Waals surface area (Å²) in [5, 5.41) is -0.335. The van der Waals surface area contributed by atoms with Crippen LogP contribution in [0, 0.1) is 18.8 Å². The van der Waals surface area contributed by atoms with Gasteiger partial charge < -0.3 is 15.4 Å². The molecule has 3 N–H and O–H groups in total. The SMILES string of the molecule is Cc1cc(-c2ccc(C(=O)NS(=O)(=O)c3cccc(N)n3)c(N3C[C@@H](C)CC3(C)C)n2)cc(OCC(C)C)n1. The van der Waals surface area contributed by atoms with Crippen molar-refractivity contribution in [2.24, 2.45) is 11.8 Å². The monoisotopic (exact) mass is 552 g/mol. The third kappa shape index (κ3) is 6.47. The molecule has 1 aliphatic rings. The maximum absolute atomic E-state index is 13.4. The van der Waals surface area contributed by atoms with E-state index in [-0.39, 0.29) is 21.9 Å². The van der Waals surface area contributed by atoms with Gasteiger partial charge in [-0.05, 0) is 69.4 Å². The number of hydrogen-bond donors (Lipinski definition) is 2. The molecule has 39 heavy (non-hydrogen) atoms. The number of sulfonamides is 1. The number of aryl methyl sites for hydroxylation is 1. The quantitative estimate of drug-likeness (QED) is 0.420. The lowest BCUT2D eigenvalue weighted by atomic mass is 9.97. The Morgan fingerprint density at radius 3 is 2.56 bits per heavy atom. The van der Waals surface area contributed by atoms with E-state index in [9.17, 15) is 13.2 Å². The number of pyridine rings is 3. The molecule has 4 rings (SSSR count). The molecule has 208 valence electrons. The summed E-state index contributed by atoms with van der Waals surface area (Å²) in [5.74, 6) is 0.857. The molecule has 1 fully saturated rings. The van der Waals surface area contributed by atoms with Crippen LogP contribution < -0.4 is 20.1 Å². The van der Waals surface area contributed by atoms with E-state index in [1.54, 1.807) is 12.1 Å². The molecule has 0 radical (unpaired) electrons. The first-order chi connectivity index (χ1) is 18.2. The van der Waals surface area contributed by atoms with Crippen molar-refractivity contribution in [3.8, 4) is 17.1 Å². The fourth-order valence-corrected chi connectivity index (χ4v) is 5.82. The first-order valence-electron chi connectivity index (χ1n) is 13.0. The maximum atomic E-state index is 13.4. The van der Waals surface area contributed by atoms with Crippen LogP contribution in [0.1, 0.15) is 57.1 Å². The standard InChI is InChI=1S/C28H36N6O4S/c1-17(2)16-38-24-13-20(12-19(4)30-24)22-11-10-21(26(31-22)34-15-18(3)14-28(34,5)6)27(35)33-39(36,37)25-9-7-8-23(29)32-25/h7-13,17-18H,14-16H2,1-6H3,(H2,29,32)(H,33,35)/t18-/m0/s1. The minimum atomic E-state index is -4.26. The van der Waals surface area contributed by atoms with E-state index < -0.39 is 15.9 Å². The van der Waals surface area contributed by atoms with Crippen molar-refractivity contribution in [3.05, 3.63) is 53.7 Å². The van der Waals surface area contributed by atoms with Gasteiger partial charge in [0.15, 0.2) is 5.03 Å². The van der Waals surface area contributed by atoms with Crippen LogP contribution in [-0.4, -0.2) is 48.0 Å². The van der Waals surface area contributed by atoms with E-state index in [0.717, 1.165) is 17.7 Å². The summed E-state index contributed by atoms with van der Waals surface area (Å²) in [4.78, 5) is 28.8. The van der Waals surface area contributed by atoms with Gasteiger partial charge in [-0.1, -0.05) is 26.8 Å². The molecule has 1 amide bonds. The number of rotatable bonds is 8. The molecule has 0 spiro atoms. The molecule has 1 aliphatic heterocycles. The highest BCUT2D eigenvalue weighted by atomic mass is 32.2. The first kappa shape index (κ1) is 28.3. The number of anilines is 2. The number of nitrogens with zero attached hydrogens (tertiary/aromatic N) is 4. The Bertz CT molecular complexity index is 1490. The zero-order valence-electron chi connectivity index (χ0n) is 23.2. The molecule has 0 aromatic carbocycles. The van der Waals surface area contributed by atoms with Crippen molar-refractivity contribution >= 4 is 27.6 Å². The van der Waals surface area contributed by atoms with Crippen LogP contribution in [-0.2, 0) is 10.0 Å². The summed E-state index contributed by atoms with van der Waals surface area (Å²) in [6, 6.07) is 11.3. The van der Waals surface area contributed by atoms with Crippen LogP contribution in [0.3, 0.4) is 0 Å². The largest absolute Gasteiger partial charge is 0.477 e. The molecule has 10 nitrogen and oxygen atoms in total. The van der Waals surface area contributed by atoms with Gasteiger partial charge in [0.05, 0.1) is 17.9 Å². The lowest BCUT2D eigenvalue weighted by Crippen LogP contribution is -2.41. The summed E-state index contributed by atoms with van der Waals surface area (Å²) in [6.45, 7) is 13.5. The number of amides is 1. The molecule has 11 heteroatoms. The van der Waals surface area contributed by atoms with Gasteiger partial charge in [-0.2, -0.15) is 8.42 Å². The lowest BCUT2D eigenvalue weighted by molar-refractivity contribution is 0.0981. The fraction of sp³-hybridized carbons (Fsp3) is 0.429. The van der Waals surface area contributed by atoms with Crippen LogP contribution in [0.5, 0.6) is 5.88 Å². The molecule has 1 atom stereocenters. The molecule has 0 unspecified atom stereocenters. The number of nitrogen functional groups attached to an aromatic ring is 1. The molecule has 4 heterocycles. The molecular formula is C28H36N6O4S. The Morgan fingerprint density at radius 2 is 1.92 bits per heavy atom. The second-order valence-electron chi connectivity index (χ2n) is 11.2. The van der Waals surface area contributed by atoms with Crippen molar-refractivity contribution in [1.29, 1.82) is 0 Å². The number of carbonyl (C=O) groups is 1. The number of nitrogens with one attached hydrogen (secondary N) is 1. The Kier molecular flexibility index (Phi) is 7.83. The molecular weight excluding hydrogens is 516 g/mol. The Labute approximate surface area is 230 Å². The van der Waals surface area contributed by atoms with Gasteiger partial charge in [0.2, 0.25) is 5.88 Å². The Balaban J connectivity index is 1.76. The van der Waals surface area contributed by atoms with E-state index in [1.807, 2.05) is 19.1 Å². The van der Waals surface area contributed by atoms with Crippen LogP contribution >= 0.6 is 0 Å². The zero-order valence-corrected chi connectivity index (χ0v) is 24.0. The number of carbonyl (C=O) groups excluding carboxylic acids is 1. The van der Waals surface area contributed by atoms with E-state index in [2.05, 4.69) is 54.2 Å². The number of hydrogen-bond acceptors (Lipinski definition) is 9. The average molecular weight is 553 g/mol. The van der Waals surface area contributed by atoms with Crippen LogP contribution in [0.15, 0.2) is 47.5 Å². The number of nitrogens with two attached hydrogens (primary N) is 1. The normalized spacial score (nSPS) is 16.9. The van der Waals surface area contributed by atoms with Crippen LogP contribution in [0.2, 0.25) is 0 Å². The summed E-state index contributed by atoms with van der Waals surface area (Å²) in [5.41, 5.74) is 7.69. The molecule has 1 saturated heterocycles. The summed E-state index contributed by atoms with van der Waals surface area (Å²) < 4.78 is 33.9. The lowest BCUT2D eigenvalue weighted by Gasteiger charge is -2.34. The highest BCUT2D eigenvalue weighted by Crippen LogP contribution is 2.38. The summed E-state index contributed by atoms with van der Waals surface area (Å²) >= 11 is 0. The third-order valence-electron chi connectivity index (χ3n) is 6.49. The summed E-state index contributed by atoms with van der Waals surface area (Å²) in [6.07, 6.45) is 0.896. The van der Waals surface area contributed by atoms with Gasteiger partial charge >= 0.3 is 0 Å². The number of ether oxygens (including phenoxy) is 1. The minimum absolute atomic E-state index is 0.0363. The van der Waals surface area contributed by atoms with Crippen molar-refractivity contribution in [2.75, 3.05) is 23.8 Å². The Hall–Kier alpha value is -3.73. The summed E-state index contributed by atoms with van der Waals surface area (Å²) in [7, 11) is -4.26. The van der Waals surface area contributed by atoms with Crippen molar-refractivity contribution < 1.29 is 17.9 Å². The van der Waals surface area contributed by atoms with Gasteiger partial charge in [-0.3, -0.25) is 4.79 Å². The van der Waals surface area contributed by atoms with E-state index in [0.29, 0.717) is 42.4 Å². The van der Waals surface area contributed by atoms with Gasteiger partial charge in [-0.15, -0.1) is 0 Å². The van der Waals surface area contributed by atoms with E-state index >= 15 is 0 Å². The molecule has 0 saturated carbocycles. The van der Waals surface area contributed by atoms with Gasteiger partial charge in [0.25, 0.3) is 15.9 Å². The minimum Gasteiger partial charge on any atom is -0.477 e. The van der Waals surface area contributed by atoms with Gasteiger partial charge in [0.1, 0.15) is 11.6 Å². The van der Waals surface area contributed by atoms with E-state index in [4.69, 9.17) is 15.5 Å². The fourth-order valence-electron chi connectivity index (χ4n) is 4.87. The highest BCUT2D eigenvalue weighted by Gasteiger charge is 2.39. The number of aromatic nitrogens is 3. The van der Waals surface area contributed by atoms with Crippen molar-refractivity contribution in [3.63, 3.8) is 0 Å². The zero-order chi connectivity index (χ0) is 28.5. The third-order valence-corrected chi connectivity index (χ3v) is 7.72. The second kappa shape index (κ2) is 10.8. The van der Waals surface area contributed by atoms with Crippen molar-refractivity contribution in [1.82, 2.24) is 19.7 Å². The van der Waals surface area contributed by atoms with Crippen molar-refractivity contribution in [2.45, 2.75) is 58.5 Å². The van der Waals surface area contributed by atoms with Gasteiger partial charge in [0, 0.05) is 29.4 Å². The van der Waals surface area contributed by atoms with Crippen LogP contribution in [0.25, 0.3) is 11.3 Å². The predicted molar refractivity (Wildman–Crippen MR) is 151 cm³/mol. The molecule has 0 bridgehead atoms. The van der Waals surface area contributed by atoms with Crippen LogP contribution in [0.4, 0.5) is 11.6 Å². The van der Waals surface area contributed by atoms with E-state index in [1.165, 1.54) is 18.2 Å². The van der Waals surface area contributed by atoms with Gasteiger partial charge in [-0.25, -0.2) is 19.7 Å². The molecule has 3 aromatic rings. The topological polar surface area (TPSA) is 140 Å². The molecule has 0 aliphatic carbocycles. The average Bonchev–Trinajstić information content (AvgIpc) is 3.13. The Morgan fingerprint density at radius 1 is 1.18 bits per heavy atom. The second-order valence-corrected chi connectivity index (χ2v) is 12.8. The predicted octanol–water partition coefficient (Wildman–Crippen LogP) is 4.21. The molecule has 3 aromatic heterocycles. The highest BCUT2D eigenvalue weighted by molar-refractivity contribution is 7.90. The maximum Gasteiger partial charge on any atom is 0.281 e.